The van der Waals surface area contributed by atoms with E-state index in [1.165, 1.54) is 19.5 Å². The normalized spacial score (nSPS) is 14.1. The SMILES string of the molecule is CCN(C)CCC(C)SC. The lowest BCUT2D eigenvalue weighted by Gasteiger charge is -2.15. The van der Waals surface area contributed by atoms with E-state index in [2.05, 4.69) is 32.1 Å². The number of hydrogen-bond donors (Lipinski definition) is 0. The van der Waals surface area contributed by atoms with Crippen LogP contribution in [-0.4, -0.2) is 36.5 Å². The van der Waals surface area contributed by atoms with Crippen LogP contribution < -0.4 is 0 Å². The van der Waals surface area contributed by atoms with E-state index in [-0.39, 0.29) is 0 Å². The van der Waals surface area contributed by atoms with Gasteiger partial charge in [0.1, 0.15) is 0 Å². The lowest BCUT2D eigenvalue weighted by molar-refractivity contribution is 0.347. The average Bonchev–Trinajstić information content (AvgIpc) is 1.99. The molecule has 1 nitrogen and oxygen atoms in total. The predicted molar refractivity (Wildman–Crippen MR) is 50.8 cm³/mol. The summed E-state index contributed by atoms with van der Waals surface area (Å²) in [5.74, 6) is 0. The van der Waals surface area contributed by atoms with Gasteiger partial charge in [-0.1, -0.05) is 13.8 Å². The molecule has 0 fully saturated rings. The van der Waals surface area contributed by atoms with E-state index in [9.17, 15) is 0 Å². The molecule has 0 bridgehead atoms. The van der Waals surface area contributed by atoms with Crippen molar-refractivity contribution in [1.29, 1.82) is 0 Å². The average molecular weight is 161 g/mol. The van der Waals surface area contributed by atoms with Crippen molar-refractivity contribution in [3.05, 3.63) is 0 Å². The fourth-order valence-corrected chi connectivity index (χ4v) is 1.02. The summed E-state index contributed by atoms with van der Waals surface area (Å²) in [6.07, 6.45) is 3.49. The fourth-order valence-electron chi connectivity index (χ4n) is 0.678. The van der Waals surface area contributed by atoms with Gasteiger partial charge < -0.3 is 4.90 Å². The van der Waals surface area contributed by atoms with Crippen molar-refractivity contribution in [1.82, 2.24) is 4.90 Å². The number of nitrogens with zero attached hydrogens (tertiary/aromatic N) is 1. The van der Waals surface area contributed by atoms with Gasteiger partial charge in [0.2, 0.25) is 0 Å². The summed E-state index contributed by atoms with van der Waals surface area (Å²) in [4.78, 5) is 2.35. The van der Waals surface area contributed by atoms with Gasteiger partial charge in [0, 0.05) is 5.25 Å². The Balaban J connectivity index is 3.17. The second kappa shape index (κ2) is 6.05. The van der Waals surface area contributed by atoms with Crippen LogP contribution in [0.4, 0.5) is 0 Å². The summed E-state index contributed by atoms with van der Waals surface area (Å²) in [6.45, 7) is 6.89. The van der Waals surface area contributed by atoms with Crippen molar-refractivity contribution in [3.63, 3.8) is 0 Å². The van der Waals surface area contributed by atoms with Crippen molar-refractivity contribution in [2.75, 3.05) is 26.4 Å². The van der Waals surface area contributed by atoms with Crippen LogP contribution >= 0.6 is 11.8 Å². The Hall–Kier alpha value is 0.310. The predicted octanol–water partition coefficient (Wildman–Crippen LogP) is 2.08. The van der Waals surface area contributed by atoms with E-state index in [4.69, 9.17) is 0 Å². The molecular weight excluding hydrogens is 142 g/mol. The van der Waals surface area contributed by atoms with E-state index in [1.54, 1.807) is 0 Å². The minimum absolute atomic E-state index is 0.814. The first-order chi connectivity index (χ1) is 4.70. The maximum absolute atomic E-state index is 2.35. The summed E-state index contributed by atoms with van der Waals surface area (Å²) in [5.41, 5.74) is 0. The summed E-state index contributed by atoms with van der Waals surface area (Å²) in [7, 11) is 2.17. The Labute approximate surface area is 69.2 Å². The molecule has 1 unspecified atom stereocenters. The van der Waals surface area contributed by atoms with Crippen LogP contribution in [0.2, 0.25) is 0 Å². The molecule has 0 rings (SSSR count). The van der Waals surface area contributed by atoms with E-state index >= 15 is 0 Å². The van der Waals surface area contributed by atoms with E-state index < -0.39 is 0 Å². The van der Waals surface area contributed by atoms with Crippen molar-refractivity contribution in [2.45, 2.75) is 25.5 Å². The van der Waals surface area contributed by atoms with Crippen LogP contribution in [0.15, 0.2) is 0 Å². The lowest BCUT2D eigenvalue weighted by Crippen LogP contribution is -2.20. The highest BCUT2D eigenvalue weighted by Crippen LogP contribution is 2.09. The first-order valence-electron chi connectivity index (χ1n) is 3.92. The molecule has 0 spiro atoms. The van der Waals surface area contributed by atoms with E-state index in [1.807, 2.05) is 11.8 Å². The molecule has 62 valence electrons. The largest absolute Gasteiger partial charge is 0.307 e. The monoisotopic (exact) mass is 161 g/mol. The van der Waals surface area contributed by atoms with Crippen molar-refractivity contribution >= 4 is 11.8 Å². The van der Waals surface area contributed by atoms with Gasteiger partial charge in [-0.3, -0.25) is 0 Å². The van der Waals surface area contributed by atoms with Crippen LogP contribution in [-0.2, 0) is 0 Å². The van der Waals surface area contributed by atoms with E-state index in [0.29, 0.717) is 0 Å². The number of hydrogen-bond acceptors (Lipinski definition) is 2. The minimum atomic E-state index is 0.814. The van der Waals surface area contributed by atoms with Gasteiger partial charge >= 0.3 is 0 Å². The van der Waals surface area contributed by atoms with Crippen LogP contribution in [0.3, 0.4) is 0 Å². The Kier molecular flexibility index (Phi) is 6.24. The molecular formula is C8H19NS. The van der Waals surface area contributed by atoms with E-state index in [0.717, 1.165) is 5.25 Å². The van der Waals surface area contributed by atoms with Crippen LogP contribution in [0, 0.1) is 0 Å². The second-order valence-corrected chi connectivity index (χ2v) is 4.01. The molecule has 0 heterocycles. The Morgan fingerprint density at radius 1 is 1.50 bits per heavy atom. The molecule has 1 atom stereocenters. The van der Waals surface area contributed by atoms with Crippen LogP contribution in [0.1, 0.15) is 20.3 Å². The highest BCUT2D eigenvalue weighted by Gasteiger charge is 2.00. The summed E-state index contributed by atoms with van der Waals surface area (Å²) in [5, 5.41) is 0.814. The van der Waals surface area contributed by atoms with Gasteiger partial charge in [0.05, 0.1) is 0 Å². The smallest absolute Gasteiger partial charge is 0.00281 e. The van der Waals surface area contributed by atoms with Gasteiger partial charge in [0.15, 0.2) is 0 Å². The molecule has 0 aliphatic rings. The highest BCUT2D eigenvalue weighted by atomic mass is 32.2. The molecule has 0 aliphatic carbocycles. The third-order valence-electron chi connectivity index (χ3n) is 1.86. The maximum Gasteiger partial charge on any atom is 0.00281 e. The van der Waals surface area contributed by atoms with Gasteiger partial charge in [-0.05, 0) is 32.8 Å². The van der Waals surface area contributed by atoms with Gasteiger partial charge in [-0.15, -0.1) is 0 Å². The van der Waals surface area contributed by atoms with Crippen molar-refractivity contribution < 1.29 is 0 Å². The van der Waals surface area contributed by atoms with Gasteiger partial charge in [-0.25, -0.2) is 0 Å². The van der Waals surface area contributed by atoms with Gasteiger partial charge in [0.25, 0.3) is 0 Å². The Bertz CT molecular complexity index is 65.7. The summed E-state index contributed by atoms with van der Waals surface area (Å²) in [6, 6.07) is 0. The third kappa shape index (κ3) is 5.12. The molecule has 0 saturated heterocycles. The fraction of sp³-hybridized carbons (Fsp3) is 1.00. The molecule has 2 heteroatoms. The third-order valence-corrected chi connectivity index (χ3v) is 2.90. The minimum Gasteiger partial charge on any atom is -0.307 e. The zero-order valence-corrected chi connectivity index (χ0v) is 8.37. The molecule has 0 aromatic rings. The van der Waals surface area contributed by atoms with Crippen molar-refractivity contribution in [3.8, 4) is 0 Å². The first kappa shape index (κ1) is 10.3. The van der Waals surface area contributed by atoms with Crippen LogP contribution in [0.25, 0.3) is 0 Å². The summed E-state index contributed by atoms with van der Waals surface area (Å²) >= 11 is 1.95. The Morgan fingerprint density at radius 3 is 2.50 bits per heavy atom. The van der Waals surface area contributed by atoms with Crippen molar-refractivity contribution in [2.24, 2.45) is 0 Å². The molecule has 0 aromatic heterocycles. The standard InChI is InChI=1S/C8H19NS/c1-5-9(3)7-6-8(2)10-4/h8H,5-7H2,1-4H3. The lowest BCUT2D eigenvalue weighted by atomic mass is 10.3. The molecule has 0 radical (unpaired) electrons. The Morgan fingerprint density at radius 2 is 2.10 bits per heavy atom. The molecule has 0 saturated carbocycles. The highest BCUT2D eigenvalue weighted by molar-refractivity contribution is 7.99. The second-order valence-electron chi connectivity index (χ2n) is 2.73. The maximum atomic E-state index is 2.35. The first-order valence-corrected chi connectivity index (χ1v) is 5.20. The summed E-state index contributed by atoms with van der Waals surface area (Å²) < 4.78 is 0. The zero-order valence-electron chi connectivity index (χ0n) is 7.55. The zero-order chi connectivity index (χ0) is 7.98. The quantitative estimate of drug-likeness (QED) is 0.607. The molecule has 0 amide bonds. The molecule has 0 aromatic carbocycles. The molecule has 0 aliphatic heterocycles. The van der Waals surface area contributed by atoms with Crippen LogP contribution in [0.5, 0.6) is 0 Å². The topological polar surface area (TPSA) is 3.24 Å². The number of rotatable bonds is 5. The van der Waals surface area contributed by atoms with Gasteiger partial charge in [-0.2, -0.15) is 11.8 Å². The number of thioether (sulfide) groups is 1. The molecule has 10 heavy (non-hydrogen) atoms. The molecule has 0 N–H and O–H groups in total.